The highest BCUT2D eigenvalue weighted by Crippen LogP contribution is 2.39. The maximum absolute atomic E-state index is 12.6. The number of hydrogen-bond donors (Lipinski definition) is 1. The third-order valence-electron chi connectivity index (χ3n) is 6.57. The Balaban J connectivity index is 1.56. The van der Waals surface area contributed by atoms with Crippen LogP contribution in [0.5, 0.6) is 5.88 Å². The number of ether oxygens (including phenoxy) is 3. The SMILES string of the molecule is Cc1c(Nc2ccc(C#N)cc2Cl)ncnc1OC1C2CN(C(=O)OC(C)C)CC1C(C)OC2C. The Morgan fingerprint density at radius 1 is 1.26 bits per heavy atom. The number of nitrogens with one attached hydrogen (secondary N) is 1. The molecule has 1 amide bonds. The molecule has 1 aromatic carbocycles. The minimum Gasteiger partial charge on any atom is -0.473 e. The van der Waals surface area contributed by atoms with Crippen molar-refractivity contribution < 1.29 is 19.0 Å². The van der Waals surface area contributed by atoms with Crippen molar-refractivity contribution in [1.82, 2.24) is 14.9 Å². The molecule has 0 spiro atoms. The average molecular weight is 500 g/mol. The fourth-order valence-corrected chi connectivity index (χ4v) is 4.93. The lowest BCUT2D eigenvalue weighted by molar-refractivity contribution is -0.181. The highest BCUT2D eigenvalue weighted by atomic mass is 35.5. The van der Waals surface area contributed by atoms with Gasteiger partial charge < -0.3 is 24.4 Å². The van der Waals surface area contributed by atoms with Crippen LogP contribution in [0.25, 0.3) is 0 Å². The topological polar surface area (TPSA) is 110 Å². The second-order valence-electron chi connectivity index (χ2n) is 9.38. The van der Waals surface area contributed by atoms with Gasteiger partial charge >= 0.3 is 6.09 Å². The van der Waals surface area contributed by atoms with Crippen LogP contribution in [-0.2, 0) is 9.47 Å². The van der Waals surface area contributed by atoms with Gasteiger partial charge in [0.25, 0.3) is 0 Å². The lowest BCUT2D eigenvalue weighted by atomic mass is 9.77. The number of nitrogens with zero attached hydrogens (tertiary/aromatic N) is 4. The van der Waals surface area contributed by atoms with E-state index in [1.54, 1.807) is 23.1 Å². The third-order valence-corrected chi connectivity index (χ3v) is 6.89. The molecule has 4 unspecified atom stereocenters. The van der Waals surface area contributed by atoms with Crippen LogP contribution in [0.1, 0.15) is 38.8 Å². The molecule has 9 nitrogen and oxygen atoms in total. The van der Waals surface area contributed by atoms with Crippen LogP contribution < -0.4 is 10.1 Å². The summed E-state index contributed by atoms with van der Waals surface area (Å²) < 4.78 is 18.1. The number of fused-ring (bicyclic) bond motifs is 2. The van der Waals surface area contributed by atoms with E-state index in [-0.39, 0.29) is 42.3 Å². The Hall–Kier alpha value is -3.09. The molecule has 2 saturated heterocycles. The summed E-state index contributed by atoms with van der Waals surface area (Å²) in [5.41, 5.74) is 1.83. The summed E-state index contributed by atoms with van der Waals surface area (Å²) >= 11 is 6.33. The summed E-state index contributed by atoms with van der Waals surface area (Å²) in [5, 5.41) is 12.7. The van der Waals surface area contributed by atoms with Crippen LogP contribution in [0.2, 0.25) is 5.02 Å². The van der Waals surface area contributed by atoms with E-state index in [1.807, 2.05) is 34.6 Å². The molecule has 3 heterocycles. The summed E-state index contributed by atoms with van der Waals surface area (Å²) in [5.74, 6) is 0.945. The number of aromatic nitrogens is 2. The fraction of sp³-hybridized carbons (Fsp3) is 0.520. The van der Waals surface area contributed by atoms with Crippen LogP contribution in [0.15, 0.2) is 24.5 Å². The number of anilines is 2. The van der Waals surface area contributed by atoms with Gasteiger partial charge in [0, 0.05) is 24.9 Å². The number of halogens is 1. The monoisotopic (exact) mass is 499 g/mol. The van der Waals surface area contributed by atoms with Gasteiger partial charge in [-0.25, -0.2) is 14.8 Å². The zero-order valence-corrected chi connectivity index (χ0v) is 21.2. The first-order valence-corrected chi connectivity index (χ1v) is 12.1. The number of carbonyl (C=O) groups is 1. The molecule has 4 atom stereocenters. The second kappa shape index (κ2) is 10.3. The van der Waals surface area contributed by atoms with Gasteiger partial charge in [0.2, 0.25) is 5.88 Å². The molecule has 0 saturated carbocycles. The molecule has 10 heteroatoms. The van der Waals surface area contributed by atoms with Gasteiger partial charge in [-0.15, -0.1) is 0 Å². The van der Waals surface area contributed by atoms with Gasteiger partial charge in [-0.1, -0.05) is 11.6 Å². The van der Waals surface area contributed by atoms with Crippen molar-refractivity contribution in [1.29, 1.82) is 5.26 Å². The molecule has 0 radical (unpaired) electrons. The Labute approximate surface area is 210 Å². The summed E-state index contributed by atoms with van der Waals surface area (Å²) in [7, 11) is 0. The Kier molecular flexibility index (Phi) is 7.33. The highest BCUT2D eigenvalue weighted by Gasteiger charge is 2.50. The van der Waals surface area contributed by atoms with Gasteiger partial charge in [0.05, 0.1) is 46.2 Å². The molecule has 0 aliphatic carbocycles. The van der Waals surface area contributed by atoms with Crippen molar-refractivity contribution in [3.05, 3.63) is 40.7 Å². The minimum atomic E-state index is -0.307. The fourth-order valence-electron chi connectivity index (χ4n) is 4.70. The normalized spacial score (nSPS) is 25.7. The number of benzene rings is 1. The van der Waals surface area contributed by atoms with E-state index in [1.165, 1.54) is 6.33 Å². The van der Waals surface area contributed by atoms with Gasteiger partial charge in [-0.3, -0.25) is 0 Å². The molecule has 1 N–H and O–H groups in total. The van der Waals surface area contributed by atoms with Crippen molar-refractivity contribution in [3.8, 4) is 11.9 Å². The van der Waals surface area contributed by atoms with Crippen molar-refractivity contribution >= 4 is 29.2 Å². The highest BCUT2D eigenvalue weighted by molar-refractivity contribution is 6.33. The Morgan fingerprint density at radius 3 is 2.54 bits per heavy atom. The molecule has 35 heavy (non-hydrogen) atoms. The number of hydrogen-bond acceptors (Lipinski definition) is 8. The lowest BCUT2D eigenvalue weighted by Crippen LogP contribution is -2.63. The molecular weight excluding hydrogens is 470 g/mol. The van der Waals surface area contributed by atoms with Crippen molar-refractivity contribution in [2.24, 2.45) is 11.8 Å². The molecule has 2 bridgehead atoms. The predicted molar refractivity (Wildman–Crippen MR) is 131 cm³/mol. The van der Waals surface area contributed by atoms with Gasteiger partial charge in [-0.05, 0) is 52.8 Å². The molecule has 4 rings (SSSR count). The first-order chi connectivity index (χ1) is 16.7. The molecule has 2 aliphatic heterocycles. The van der Waals surface area contributed by atoms with Gasteiger partial charge in [0.15, 0.2) is 0 Å². The van der Waals surface area contributed by atoms with E-state index in [4.69, 9.17) is 31.1 Å². The second-order valence-corrected chi connectivity index (χ2v) is 9.79. The molecule has 2 aliphatic rings. The van der Waals surface area contributed by atoms with Crippen molar-refractivity contribution in [2.45, 2.75) is 59.0 Å². The maximum atomic E-state index is 12.6. The zero-order valence-electron chi connectivity index (χ0n) is 20.5. The summed E-state index contributed by atoms with van der Waals surface area (Å²) in [6.45, 7) is 10.6. The van der Waals surface area contributed by atoms with Crippen LogP contribution in [0.3, 0.4) is 0 Å². The maximum Gasteiger partial charge on any atom is 0.410 e. The van der Waals surface area contributed by atoms with Crippen LogP contribution >= 0.6 is 11.6 Å². The van der Waals surface area contributed by atoms with E-state index in [0.717, 1.165) is 5.56 Å². The zero-order chi connectivity index (χ0) is 25.3. The van der Waals surface area contributed by atoms with E-state index >= 15 is 0 Å². The number of nitriles is 1. The number of rotatable bonds is 5. The lowest BCUT2D eigenvalue weighted by Gasteiger charge is -2.51. The first-order valence-electron chi connectivity index (χ1n) is 11.7. The standard InChI is InChI=1S/C25H30ClN5O4/c1-13(2)33-25(32)31-10-18-15(4)34-16(5)19(11-31)22(18)35-24-14(3)23(28-12-29-24)30-21-7-6-17(9-27)8-20(21)26/h6-8,12-13,15-16,18-19,22H,10-11H2,1-5H3,(H,28,29,30). The summed E-state index contributed by atoms with van der Waals surface area (Å²) in [6, 6.07) is 7.09. The molecule has 2 aromatic rings. The van der Waals surface area contributed by atoms with Crippen LogP contribution in [0.4, 0.5) is 16.3 Å². The molecule has 2 fully saturated rings. The average Bonchev–Trinajstić information content (AvgIpc) is 2.81. The summed E-state index contributed by atoms with van der Waals surface area (Å²) in [4.78, 5) is 23.1. The Bertz CT molecular complexity index is 1120. The number of amides is 1. The minimum absolute atomic E-state index is 0.0385. The smallest absolute Gasteiger partial charge is 0.410 e. The number of carbonyl (C=O) groups excluding carboxylic acids is 1. The van der Waals surface area contributed by atoms with E-state index in [2.05, 4.69) is 21.4 Å². The number of piperidine rings is 1. The molecular formula is C25H30ClN5O4. The van der Waals surface area contributed by atoms with Crippen molar-refractivity contribution in [3.63, 3.8) is 0 Å². The predicted octanol–water partition coefficient (Wildman–Crippen LogP) is 4.70. The van der Waals surface area contributed by atoms with Gasteiger partial charge in [0.1, 0.15) is 18.2 Å². The van der Waals surface area contributed by atoms with Crippen LogP contribution in [0, 0.1) is 30.1 Å². The molecule has 1 aromatic heterocycles. The van der Waals surface area contributed by atoms with Crippen molar-refractivity contribution in [2.75, 3.05) is 18.4 Å². The Morgan fingerprint density at radius 2 is 1.94 bits per heavy atom. The third kappa shape index (κ3) is 5.29. The van der Waals surface area contributed by atoms with E-state index in [9.17, 15) is 4.79 Å². The van der Waals surface area contributed by atoms with E-state index < -0.39 is 0 Å². The van der Waals surface area contributed by atoms with Gasteiger partial charge in [-0.2, -0.15) is 5.26 Å². The molecule has 186 valence electrons. The summed E-state index contributed by atoms with van der Waals surface area (Å²) in [6.07, 6.45) is 0.574. The van der Waals surface area contributed by atoms with E-state index in [0.29, 0.717) is 41.1 Å². The number of likely N-dealkylation sites (tertiary alicyclic amines) is 1. The largest absolute Gasteiger partial charge is 0.473 e. The van der Waals surface area contributed by atoms with Crippen LogP contribution in [-0.4, -0.2) is 58.5 Å². The quantitative estimate of drug-likeness (QED) is 0.630. The first kappa shape index (κ1) is 25.0.